The standard InChI is InChI=1S/C17H19N5O2/c23-16(20-14-3-4-14)10-22-9-15(8-19-22)21-17(24)11-1-2-12-6-18-7-13(12)5-11/h1-2,5,8-9,14,18H,3-4,6-7,10H2,(H,20,23)(H,21,24). The van der Waals surface area contributed by atoms with Gasteiger partial charge in [0, 0.05) is 30.9 Å². The molecule has 1 saturated carbocycles. The second-order valence-electron chi connectivity index (χ2n) is 6.31. The highest BCUT2D eigenvalue weighted by Crippen LogP contribution is 2.19. The van der Waals surface area contributed by atoms with Gasteiger partial charge in [0.2, 0.25) is 5.91 Å². The molecule has 0 spiro atoms. The van der Waals surface area contributed by atoms with Crippen molar-refractivity contribution >= 4 is 17.5 Å². The largest absolute Gasteiger partial charge is 0.352 e. The van der Waals surface area contributed by atoms with Crippen LogP contribution in [0.3, 0.4) is 0 Å². The molecule has 4 rings (SSSR count). The average molecular weight is 325 g/mol. The van der Waals surface area contributed by atoms with Crippen molar-refractivity contribution in [3.63, 3.8) is 0 Å². The zero-order chi connectivity index (χ0) is 16.5. The molecule has 0 atom stereocenters. The number of carbonyl (C=O) groups excluding carboxylic acids is 2. The van der Waals surface area contributed by atoms with Crippen molar-refractivity contribution in [3.05, 3.63) is 47.3 Å². The Morgan fingerprint density at radius 1 is 1.25 bits per heavy atom. The first-order valence-corrected chi connectivity index (χ1v) is 8.13. The van der Waals surface area contributed by atoms with E-state index < -0.39 is 0 Å². The number of hydrogen-bond acceptors (Lipinski definition) is 4. The fourth-order valence-corrected chi connectivity index (χ4v) is 2.80. The van der Waals surface area contributed by atoms with E-state index in [2.05, 4.69) is 21.0 Å². The van der Waals surface area contributed by atoms with Crippen molar-refractivity contribution in [2.45, 2.75) is 38.5 Å². The molecule has 1 aliphatic carbocycles. The summed E-state index contributed by atoms with van der Waals surface area (Å²) in [4.78, 5) is 24.1. The number of nitrogens with one attached hydrogen (secondary N) is 3. The topological polar surface area (TPSA) is 88.1 Å². The molecular weight excluding hydrogens is 306 g/mol. The molecule has 1 aliphatic heterocycles. The van der Waals surface area contributed by atoms with Crippen molar-refractivity contribution in [2.24, 2.45) is 0 Å². The highest BCUT2D eigenvalue weighted by Gasteiger charge is 2.23. The Balaban J connectivity index is 1.38. The third-order valence-electron chi connectivity index (χ3n) is 4.24. The molecule has 0 bridgehead atoms. The smallest absolute Gasteiger partial charge is 0.255 e. The van der Waals surface area contributed by atoms with Gasteiger partial charge in [0.05, 0.1) is 11.9 Å². The molecule has 7 nitrogen and oxygen atoms in total. The molecule has 3 N–H and O–H groups in total. The molecule has 2 aromatic rings. The van der Waals surface area contributed by atoms with Crippen LogP contribution < -0.4 is 16.0 Å². The van der Waals surface area contributed by atoms with Crippen molar-refractivity contribution in [1.29, 1.82) is 0 Å². The van der Waals surface area contributed by atoms with E-state index in [1.165, 1.54) is 10.2 Å². The van der Waals surface area contributed by atoms with Crippen molar-refractivity contribution in [3.8, 4) is 0 Å². The van der Waals surface area contributed by atoms with Crippen LogP contribution in [0.1, 0.15) is 34.3 Å². The van der Waals surface area contributed by atoms with Gasteiger partial charge in [-0.05, 0) is 36.1 Å². The van der Waals surface area contributed by atoms with Gasteiger partial charge in [-0.3, -0.25) is 14.3 Å². The maximum absolute atomic E-state index is 12.4. The number of benzene rings is 1. The van der Waals surface area contributed by atoms with Gasteiger partial charge in [0.25, 0.3) is 5.91 Å². The Bertz CT molecular complexity index is 794. The molecule has 0 saturated heterocycles. The van der Waals surface area contributed by atoms with Crippen LogP contribution in [0.5, 0.6) is 0 Å². The molecule has 124 valence electrons. The second kappa shape index (κ2) is 6.09. The summed E-state index contributed by atoms with van der Waals surface area (Å²) in [5.74, 6) is -0.226. The fourth-order valence-electron chi connectivity index (χ4n) is 2.80. The molecular formula is C17H19N5O2. The van der Waals surface area contributed by atoms with Gasteiger partial charge >= 0.3 is 0 Å². The van der Waals surface area contributed by atoms with Crippen LogP contribution in [0, 0.1) is 0 Å². The first-order valence-electron chi connectivity index (χ1n) is 8.13. The molecule has 7 heteroatoms. The molecule has 0 radical (unpaired) electrons. The summed E-state index contributed by atoms with van der Waals surface area (Å²) in [5.41, 5.74) is 3.60. The summed E-state index contributed by atoms with van der Waals surface area (Å²) < 4.78 is 1.53. The van der Waals surface area contributed by atoms with E-state index in [0.717, 1.165) is 31.5 Å². The van der Waals surface area contributed by atoms with Crippen LogP contribution in [-0.4, -0.2) is 27.6 Å². The van der Waals surface area contributed by atoms with Crippen molar-refractivity contribution in [2.75, 3.05) is 5.32 Å². The predicted octanol–water partition coefficient (Wildman–Crippen LogP) is 1.02. The summed E-state index contributed by atoms with van der Waals surface area (Å²) in [6, 6.07) is 6.06. The summed E-state index contributed by atoms with van der Waals surface area (Å²) >= 11 is 0. The zero-order valence-electron chi connectivity index (χ0n) is 13.2. The van der Waals surface area contributed by atoms with Gasteiger partial charge in [0.1, 0.15) is 6.54 Å². The Labute approximate surface area is 139 Å². The van der Waals surface area contributed by atoms with Crippen LogP contribution >= 0.6 is 0 Å². The normalized spacial score (nSPS) is 15.8. The first kappa shape index (κ1) is 14.9. The molecule has 2 aliphatic rings. The predicted molar refractivity (Wildman–Crippen MR) is 88.3 cm³/mol. The van der Waals surface area contributed by atoms with Crippen molar-refractivity contribution < 1.29 is 9.59 Å². The van der Waals surface area contributed by atoms with Crippen LogP contribution in [0.4, 0.5) is 5.69 Å². The molecule has 2 heterocycles. The van der Waals surface area contributed by atoms with Crippen LogP contribution in [0.2, 0.25) is 0 Å². The molecule has 24 heavy (non-hydrogen) atoms. The average Bonchev–Trinajstić information content (AvgIpc) is 3.08. The number of rotatable bonds is 5. The number of hydrogen-bond donors (Lipinski definition) is 3. The number of fused-ring (bicyclic) bond motifs is 1. The van der Waals surface area contributed by atoms with E-state index >= 15 is 0 Å². The fraction of sp³-hybridized carbons (Fsp3) is 0.353. The number of carbonyl (C=O) groups is 2. The third kappa shape index (κ3) is 3.30. The maximum atomic E-state index is 12.4. The van der Waals surface area contributed by atoms with Crippen LogP contribution in [0.15, 0.2) is 30.6 Å². The van der Waals surface area contributed by atoms with E-state index in [1.54, 1.807) is 12.4 Å². The van der Waals surface area contributed by atoms with Crippen molar-refractivity contribution in [1.82, 2.24) is 20.4 Å². The van der Waals surface area contributed by atoms with Gasteiger partial charge in [-0.1, -0.05) is 6.07 Å². The lowest BCUT2D eigenvalue weighted by Crippen LogP contribution is -2.29. The van der Waals surface area contributed by atoms with E-state index in [0.29, 0.717) is 17.3 Å². The molecule has 1 aromatic heterocycles. The van der Waals surface area contributed by atoms with Gasteiger partial charge in [-0.15, -0.1) is 0 Å². The number of aromatic nitrogens is 2. The Kier molecular flexibility index (Phi) is 3.78. The van der Waals surface area contributed by atoms with Gasteiger partial charge < -0.3 is 16.0 Å². The summed E-state index contributed by atoms with van der Waals surface area (Å²) in [5, 5.41) is 13.1. The van der Waals surface area contributed by atoms with Gasteiger partial charge in [-0.25, -0.2) is 0 Å². The lowest BCUT2D eigenvalue weighted by atomic mass is 10.1. The van der Waals surface area contributed by atoms with Gasteiger partial charge in [-0.2, -0.15) is 5.10 Å². The third-order valence-corrected chi connectivity index (χ3v) is 4.24. The Morgan fingerprint density at radius 3 is 2.92 bits per heavy atom. The minimum atomic E-state index is -0.174. The minimum Gasteiger partial charge on any atom is -0.352 e. The van der Waals surface area contributed by atoms with Crippen LogP contribution in [0.25, 0.3) is 0 Å². The van der Waals surface area contributed by atoms with E-state index in [4.69, 9.17) is 0 Å². The van der Waals surface area contributed by atoms with Crippen LogP contribution in [-0.2, 0) is 24.4 Å². The first-order chi connectivity index (χ1) is 11.7. The highest BCUT2D eigenvalue weighted by atomic mass is 16.2. The minimum absolute atomic E-state index is 0.0513. The number of nitrogens with zero attached hydrogens (tertiary/aromatic N) is 2. The lowest BCUT2D eigenvalue weighted by molar-refractivity contribution is -0.122. The molecule has 1 aromatic carbocycles. The number of amides is 2. The number of anilines is 1. The molecule has 1 fully saturated rings. The van der Waals surface area contributed by atoms with E-state index in [9.17, 15) is 9.59 Å². The Hall–Kier alpha value is -2.67. The summed E-state index contributed by atoms with van der Waals surface area (Å²) in [6.07, 6.45) is 5.33. The second-order valence-corrected chi connectivity index (χ2v) is 6.31. The van der Waals surface area contributed by atoms with Gasteiger partial charge in [0.15, 0.2) is 0 Å². The quantitative estimate of drug-likeness (QED) is 0.766. The monoisotopic (exact) mass is 325 g/mol. The van der Waals surface area contributed by atoms with E-state index in [1.807, 2.05) is 18.2 Å². The SMILES string of the molecule is O=C(Cn1cc(NC(=O)c2ccc3c(c2)CNC3)cn1)NC1CC1. The summed E-state index contributed by atoms with van der Waals surface area (Å²) in [6.45, 7) is 1.81. The van der Waals surface area contributed by atoms with E-state index in [-0.39, 0.29) is 18.4 Å². The lowest BCUT2D eigenvalue weighted by Gasteiger charge is -2.05. The maximum Gasteiger partial charge on any atom is 0.255 e. The molecule has 2 amide bonds. The zero-order valence-corrected chi connectivity index (χ0v) is 13.2. The highest BCUT2D eigenvalue weighted by molar-refractivity contribution is 6.04. The Morgan fingerprint density at radius 2 is 2.08 bits per heavy atom. The summed E-state index contributed by atoms with van der Waals surface area (Å²) in [7, 11) is 0. The molecule has 0 unspecified atom stereocenters.